The van der Waals surface area contributed by atoms with Crippen LogP contribution in [0.5, 0.6) is 0 Å². The molecule has 1 fully saturated rings. The second-order valence-corrected chi connectivity index (χ2v) is 10.9. The summed E-state index contributed by atoms with van der Waals surface area (Å²) in [6, 6.07) is 16.1. The lowest BCUT2D eigenvalue weighted by Gasteiger charge is -2.19. The Morgan fingerprint density at radius 1 is 1.00 bits per heavy atom. The van der Waals surface area contributed by atoms with Crippen molar-refractivity contribution in [1.29, 1.82) is 0 Å². The van der Waals surface area contributed by atoms with Crippen molar-refractivity contribution in [2.45, 2.75) is 18.1 Å². The fraction of sp³-hybridized carbons (Fsp3) is 0.194. The van der Waals surface area contributed by atoms with Gasteiger partial charge in [-0.3, -0.25) is 9.78 Å². The van der Waals surface area contributed by atoms with E-state index in [1.165, 1.54) is 0 Å². The largest absolute Gasteiger partial charge is 0.481 e. The minimum atomic E-state index is -0.914. The molecule has 0 amide bonds. The SMILES string of the molecule is O=C(O)CC1CC1CSC1c2cc(/C=C/c3ccc4cc(F)c(F)cc4n3)ccc2C=Cc2cccnc21. The summed E-state index contributed by atoms with van der Waals surface area (Å²) in [7, 11) is 0. The number of hydrogen-bond acceptors (Lipinski definition) is 4. The summed E-state index contributed by atoms with van der Waals surface area (Å²) in [5, 5.41) is 9.69. The molecule has 3 unspecified atom stereocenters. The molecule has 0 radical (unpaired) electrons. The molecule has 0 spiro atoms. The van der Waals surface area contributed by atoms with E-state index in [4.69, 9.17) is 10.1 Å². The average Bonchev–Trinajstić information content (AvgIpc) is 3.67. The molecule has 3 atom stereocenters. The number of benzene rings is 2. The van der Waals surface area contributed by atoms with Gasteiger partial charge in [0.2, 0.25) is 0 Å². The molecule has 0 saturated heterocycles. The van der Waals surface area contributed by atoms with Gasteiger partial charge in [0, 0.05) is 24.1 Å². The first-order valence-electron chi connectivity index (χ1n) is 12.5. The van der Waals surface area contributed by atoms with Gasteiger partial charge in [-0.15, -0.1) is 11.8 Å². The summed E-state index contributed by atoms with van der Waals surface area (Å²) in [5.74, 6) is -0.959. The highest BCUT2D eigenvalue weighted by Crippen LogP contribution is 2.48. The molecular formula is C31H24F2N2O2S. The average molecular weight is 527 g/mol. The molecule has 1 N–H and O–H groups in total. The zero-order valence-electron chi connectivity index (χ0n) is 20.4. The number of fused-ring (bicyclic) bond motifs is 3. The molecule has 0 bridgehead atoms. The van der Waals surface area contributed by atoms with E-state index in [0.717, 1.165) is 52.3 Å². The number of hydrogen-bond donors (Lipinski definition) is 1. The van der Waals surface area contributed by atoms with Crippen LogP contribution in [0.2, 0.25) is 0 Å². The number of halogens is 2. The van der Waals surface area contributed by atoms with Crippen molar-refractivity contribution in [3.05, 3.63) is 106 Å². The van der Waals surface area contributed by atoms with Crippen LogP contribution < -0.4 is 0 Å². The van der Waals surface area contributed by atoms with Crippen LogP contribution in [0.4, 0.5) is 8.78 Å². The van der Waals surface area contributed by atoms with E-state index in [-0.39, 0.29) is 17.6 Å². The molecular weight excluding hydrogens is 502 g/mol. The smallest absolute Gasteiger partial charge is 0.303 e. The maximum absolute atomic E-state index is 13.7. The summed E-state index contributed by atoms with van der Waals surface area (Å²) < 4.78 is 27.2. The van der Waals surface area contributed by atoms with E-state index in [0.29, 0.717) is 22.5 Å². The third-order valence-corrected chi connectivity index (χ3v) is 8.57. The fourth-order valence-corrected chi connectivity index (χ4v) is 6.56. The molecule has 190 valence electrons. The zero-order chi connectivity index (χ0) is 26.2. The van der Waals surface area contributed by atoms with Crippen molar-refractivity contribution in [3.8, 4) is 0 Å². The van der Waals surface area contributed by atoms with Crippen molar-refractivity contribution in [1.82, 2.24) is 9.97 Å². The first kappa shape index (κ1) is 24.5. The molecule has 2 heterocycles. The lowest BCUT2D eigenvalue weighted by Crippen LogP contribution is -2.05. The zero-order valence-corrected chi connectivity index (χ0v) is 21.2. The number of nitrogens with zero attached hydrogens (tertiary/aromatic N) is 2. The van der Waals surface area contributed by atoms with Crippen molar-refractivity contribution in [2.24, 2.45) is 11.8 Å². The number of thioether (sulfide) groups is 1. The van der Waals surface area contributed by atoms with Crippen LogP contribution in [0, 0.1) is 23.5 Å². The van der Waals surface area contributed by atoms with Crippen LogP contribution in [-0.4, -0.2) is 26.8 Å². The molecule has 2 aliphatic carbocycles. The Hall–Kier alpha value is -3.84. The normalized spacial score (nSPS) is 19.8. The van der Waals surface area contributed by atoms with Crippen LogP contribution in [0.1, 0.15) is 51.7 Å². The van der Waals surface area contributed by atoms with E-state index in [1.54, 1.807) is 12.1 Å². The summed E-state index contributed by atoms with van der Waals surface area (Å²) in [4.78, 5) is 20.3. The van der Waals surface area contributed by atoms with Crippen molar-refractivity contribution >= 4 is 52.9 Å². The monoisotopic (exact) mass is 526 g/mol. The molecule has 4 aromatic rings. The minimum absolute atomic E-state index is 0.0206. The van der Waals surface area contributed by atoms with Crippen molar-refractivity contribution < 1.29 is 18.7 Å². The van der Waals surface area contributed by atoms with E-state index >= 15 is 0 Å². The Kier molecular flexibility index (Phi) is 6.54. The Labute approximate surface area is 223 Å². The van der Waals surface area contributed by atoms with E-state index in [9.17, 15) is 13.6 Å². The number of aromatic nitrogens is 2. The molecule has 2 aliphatic rings. The van der Waals surface area contributed by atoms with Crippen molar-refractivity contribution in [2.75, 3.05) is 5.75 Å². The Morgan fingerprint density at radius 2 is 1.84 bits per heavy atom. The highest BCUT2D eigenvalue weighted by atomic mass is 32.2. The standard InChI is InChI=1S/C31H24F2N2O2S/c32-26-14-21-8-10-24(35-28(21)16-27(26)33)9-4-18-3-5-19-6-7-20-2-1-11-34-30(20)31(25(19)12-18)38-17-23-13-22(23)15-29(36)37/h1-12,14,16,22-23,31H,13,15,17H2,(H,36,37)/b9-4+. The maximum Gasteiger partial charge on any atom is 0.303 e. The third kappa shape index (κ3) is 5.11. The molecule has 0 aliphatic heterocycles. The predicted molar refractivity (Wildman–Crippen MR) is 148 cm³/mol. The van der Waals surface area contributed by atoms with Crippen LogP contribution in [0.25, 0.3) is 35.2 Å². The van der Waals surface area contributed by atoms with Crippen LogP contribution >= 0.6 is 11.8 Å². The number of rotatable bonds is 7. The van der Waals surface area contributed by atoms with Gasteiger partial charge < -0.3 is 5.11 Å². The second kappa shape index (κ2) is 10.1. The van der Waals surface area contributed by atoms with Crippen molar-refractivity contribution in [3.63, 3.8) is 0 Å². The Bertz CT molecular complexity index is 1620. The summed E-state index contributed by atoms with van der Waals surface area (Å²) in [5.41, 5.74) is 6.41. The van der Waals surface area contributed by atoms with Gasteiger partial charge in [0.1, 0.15) is 0 Å². The predicted octanol–water partition coefficient (Wildman–Crippen LogP) is 7.50. The second-order valence-electron chi connectivity index (χ2n) is 9.80. The topological polar surface area (TPSA) is 63.1 Å². The first-order valence-corrected chi connectivity index (χ1v) is 13.5. The van der Waals surface area contributed by atoms with E-state index < -0.39 is 17.6 Å². The molecule has 2 aromatic heterocycles. The Morgan fingerprint density at radius 3 is 2.71 bits per heavy atom. The highest BCUT2D eigenvalue weighted by Gasteiger charge is 2.39. The fourth-order valence-electron chi connectivity index (χ4n) is 4.98. The van der Waals surface area contributed by atoms with Gasteiger partial charge in [-0.05, 0) is 76.6 Å². The number of pyridine rings is 2. The third-order valence-electron chi connectivity index (χ3n) is 7.14. The summed E-state index contributed by atoms with van der Waals surface area (Å²) >= 11 is 1.83. The van der Waals surface area contributed by atoms with Gasteiger partial charge >= 0.3 is 5.97 Å². The van der Waals surface area contributed by atoms with E-state index in [1.807, 2.05) is 42.2 Å². The molecule has 38 heavy (non-hydrogen) atoms. The first-order chi connectivity index (χ1) is 18.4. The number of carboxylic acid groups (broad SMARTS) is 1. The van der Waals surface area contributed by atoms with Crippen LogP contribution in [0.15, 0.2) is 60.8 Å². The molecule has 2 aromatic carbocycles. The van der Waals surface area contributed by atoms with Crippen LogP contribution in [-0.2, 0) is 4.79 Å². The summed E-state index contributed by atoms with van der Waals surface area (Å²) in [6.45, 7) is 0. The lowest BCUT2D eigenvalue weighted by atomic mass is 9.99. The molecule has 6 rings (SSSR count). The summed E-state index contributed by atoms with van der Waals surface area (Å²) in [6.07, 6.45) is 11.1. The highest BCUT2D eigenvalue weighted by molar-refractivity contribution is 7.99. The van der Waals surface area contributed by atoms with Gasteiger partial charge in [-0.2, -0.15) is 0 Å². The van der Waals surface area contributed by atoms with Gasteiger partial charge in [0.15, 0.2) is 11.6 Å². The molecule has 1 saturated carbocycles. The quantitative estimate of drug-likeness (QED) is 0.270. The Balaban J connectivity index is 1.29. The lowest BCUT2D eigenvalue weighted by molar-refractivity contribution is -0.137. The van der Waals surface area contributed by atoms with Gasteiger partial charge in [0.25, 0.3) is 0 Å². The minimum Gasteiger partial charge on any atom is -0.481 e. The number of aliphatic carboxylic acids is 1. The van der Waals surface area contributed by atoms with E-state index in [2.05, 4.69) is 35.3 Å². The van der Waals surface area contributed by atoms with Crippen LogP contribution in [0.3, 0.4) is 0 Å². The number of carboxylic acids is 1. The molecule has 4 nitrogen and oxygen atoms in total. The van der Waals surface area contributed by atoms with Gasteiger partial charge in [0.05, 0.1) is 22.2 Å². The van der Waals surface area contributed by atoms with Gasteiger partial charge in [-0.25, -0.2) is 13.8 Å². The molecule has 7 heteroatoms. The maximum atomic E-state index is 13.7. The number of carbonyl (C=O) groups is 1. The van der Waals surface area contributed by atoms with Gasteiger partial charge in [-0.1, -0.05) is 42.5 Å².